The minimum absolute atomic E-state index is 0.0726. The predicted octanol–water partition coefficient (Wildman–Crippen LogP) is 3.71. The normalized spacial score (nSPS) is 10.9. The molecule has 2 rings (SSSR count). The van der Waals surface area contributed by atoms with Crippen LogP contribution in [-0.4, -0.2) is 49.4 Å². The number of nitrogens with one attached hydrogen (secondary N) is 2. The SMILES string of the molecule is CCN(CC(=O)Nc1ccccc1C(F)(F)F)C(=O)CCCNC(=O)c1ccc(OC)cc1. The summed E-state index contributed by atoms with van der Waals surface area (Å²) in [5.41, 5.74) is -0.867. The number of rotatable bonds is 10. The van der Waals surface area contributed by atoms with Gasteiger partial charge in [-0.3, -0.25) is 14.4 Å². The van der Waals surface area contributed by atoms with Crippen molar-refractivity contribution in [3.63, 3.8) is 0 Å². The highest BCUT2D eigenvalue weighted by Crippen LogP contribution is 2.34. The van der Waals surface area contributed by atoms with Crippen molar-refractivity contribution in [2.75, 3.05) is 32.1 Å². The van der Waals surface area contributed by atoms with Gasteiger partial charge in [0.05, 0.1) is 24.9 Å². The number of likely N-dealkylation sites (N-methyl/N-ethyl adjacent to an activating group) is 1. The molecule has 2 aromatic rings. The van der Waals surface area contributed by atoms with Crippen molar-refractivity contribution in [2.24, 2.45) is 0 Å². The second-order valence-corrected chi connectivity index (χ2v) is 7.09. The standard InChI is InChI=1S/C23H26F3N3O4/c1-3-29(15-20(30)28-19-8-5-4-7-18(19)23(24,25)26)21(31)9-6-14-27-22(32)16-10-12-17(33-2)13-11-16/h4-5,7-8,10-13H,3,6,9,14-15H2,1-2H3,(H,27,32)(H,28,30). The van der Waals surface area contributed by atoms with Crippen LogP contribution in [0.4, 0.5) is 18.9 Å². The van der Waals surface area contributed by atoms with Gasteiger partial charge < -0.3 is 20.3 Å². The highest BCUT2D eigenvalue weighted by Gasteiger charge is 2.33. The summed E-state index contributed by atoms with van der Waals surface area (Å²) < 4.78 is 44.3. The first-order valence-electron chi connectivity index (χ1n) is 10.3. The Balaban J connectivity index is 1.81. The van der Waals surface area contributed by atoms with Gasteiger partial charge in [0.25, 0.3) is 5.91 Å². The summed E-state index contributed by atoms with van der Waals surface area (Å²) in [6.45, 7) is 1.75. The third kappa shape index (κ3) is 7.81. The maximum absolute atomic E-state index is 13.1. The summed E-state index contributed by atoms with van der Waals surface area (Å²) in [7, 11) is 1.52. The van der Waals surface area contributed by atoms with Crippen LogP contribution in [0.2, 0.25) is 0 Å². The monoisotopic (exact) mass is 465 g/mol. The molecule has 0 bridgehead atoms. The van der Waals surface area contributed by atoms with Crippen molar-refractivity contribution in [1.82, 2.24) is 10.2 Å². The van der Waals surface area contributed by atoms with Gasteiger partial charge in [-0.15, -0.1) is 0 Å². The van der Waals surface area contributed by atoms with E-state index in [0.29, 0.717) is 17.7 Å². The molecular weight excluding hydrogens is 439 g/mol. The number of benzene rings is 2. The second-order valence-electron chi connectivity index (χ2n) is 7.09. The molecular formula is C23H26F3N3O4. The van der Waals surface area contributed by atoms with Gasteiger partial charge in [0.2, 0.25) is 11.8 Å². The topological polar surface area (TPSA) is 87.7 Å². The van der Waals surface area contributed by atoms with Crippen molar-refractivity contribution in [2.45, 2.75) is 25.9 Å². The van der Waals surface area contributed by atoms with Crippen LogP contribution in [0.15, 0.2) is 48.5 Å². The Bertz CT molecular complexity index is 962. The number of halogens is 3. The van der Waals surface area contributed by atoms with Gasteiger partial charge >= 0.3 is 6.18 Å². The lowest BCUT2D eigenvalue weighted by Crippen LogP contribution is -2.38. The second kappa shape index (κ2) is 11.9. The Morgan fingerprint density at radius 3 is 2.30 bits per heavy atom. The Labute approximate surface area is 189 Å². The van der Waals surface area contributed by atoms with Crippen LogP contribution in [0.3, 0.4) is 0 Å². The molecule has 0 saturated heterocycles. The van der Waals surface area contributed by atoms with E-state index in [1.54, 1.807) is 31.2 Å². The predicted molar refractivity (Wildman–Crippen MR) is 117 cm³/mol. The van der Waals surface area contributed by atoms with Crippen molar-refractivity contribution in [1.29, 1.82) is 0 Å². The number of nitrogens with zero attached hydrogens (tertiary/aromatic N) is 1. The van der Waals surface area contributed by atoms with E-state index in [-0.39, 0.29) is 43.6 Å². The lowest BCUT2D eigenvalue weighted by Gasteiger charge is -2.21. The van der Waals surface area contributed by atoms with E-state index >= 15 is 0 Å². The first kappa shape index (κ1) is 25.7. The van der Waals surface area contributed by atoms with Crippen LogP contribution >= 0.6 is 0 Å². The lowest BCUT2D eigenvalue weighted by molar-refractivity contribution is -0.137. The molecule has 7 nitrogen and oxygen atoms in total. The van der Waals surface area contributed by atoms with Crippen LogP contribution in [-0.2, 0) is 15.8 Å². The smallest absolute Gasteiger partial charge is 0.418 e. The zero-order chi connectivity index (χ0) is 24.4. The van der Waals surface area contributed by atoms with Gasteiger partial charge in [0, 0.05) is 25.1 Å². The number of methoxy groups -OCH3 is 1. The van der Waals surface area contributed by atoms with Crippen LogP contribution in [0.5, 0.6) is 5.75 Å². The largest absolute Gasteiger partial charge is 0.497 e. The van der Waals surface area contributed by atoms with E-state index in [2.05, 4.69) is 10.6 Å². The number of ether oxygens (including phenoxy) is 1. The van der Waals surface area contributed by atoms with E-state index in [1.165, 1.54) is 24.1 Å². The third-order valence-electron chi connectivity index (χ3n) is 4.78. The number of amides is 3. The molecule has 0 aliphatic carbocycles. The van der Waals surface area contributed by atoms with Gasteiger partial charge in [-0.25, -0.2) is 0 Å². The number of carbonyl (C=O) groups is 3. The molecule has 2 N–H and O–H groups in total. The minimum Gasteiger partial charge on any atom is -0.497 e. The van der Waals surface area contributed by atoms with Gasteiger partial charge in [-0.2, -0.15) is 13.2 Å². The van der Waals surface area contributed by atoms with Crippen LogP contribution in [0.1, 0.15) is 35.7 Å². The maximum Gasteiger partial charge on any atom is 0.418 e. The first-order valence-corrected chi connectivity index (χ1v) is 10.3. The lowest BCUT2D eigenvalue weighted by atomic mass is 10.1. The fraction of sp³-hybridized carbons (Fsp3) is 0.348. The number of alkyl halides is 3. The molecule has 0 fully saturated rings. The molecule has 0 spiro atoms. The molecule has 3 amide bonds. The molecule has 0 aromatic heterocycles. The zero-order valence-corrected chi connectivity index (χ0v) is 18.4. The fourth-order valence-electron chi connectivity index (χ4n) is 3.02. The summed E-state index contributed by atoms with van der Waals surface area (Å²) in [6.07, 6.45) is -4.20. The summed E-state index contributed by atoms with van der Waals surface area (Å²) in [4.78, 5) is 38.0. The average Bonchev–Trinajstić information content (AvgIpc) is 2.79. The zero-order valence-electron chi connectivity index (χ0n) is 18.4. The summed E-state index contributed by atoms with van der Waals surface area (Å²) >= 11 is 0. The Hall–Kier alpha value is -3.56. The number of anilines is 1. The Morgan fingerprint density at radius 1 is 1.03 bits per heavy atom. The van der Waals surface area contributed by atoms with Gasteiger partial charge in [-0.1, -0.05) is 12.1 Å². The fourth-order valence-corrected chi connectivity index (χ4v) is 3.02. The molecule has 0 aliphatic heterocycles. The Kier molecular flexibility index (Phi) is 9.26. The highest BCUT2D eigenvalue weighted by atomic mass is 19.4. The quantitative estimate of drug-likeness (QED) is 0.524. The van der Waals surface area contributed by atoms with Crippen LogP contribution in [0, 0.1) is 0 Å². The summed E-state index contributed by atoms with van der Waals surface area (Å²) in [6, 6.07) is 11.2. The minimum atomic E-state index is -4.61. The summed E-state index contributed by atoms with van der Waals surface area (Å²) in [5, 5.41) is 4.93. The van der Waals surface area contributed by atoms with Crippen molar-refractivity contribution in [3.8, 4) is 5.75 Å². The van der Waals surface area contributed by atoms with Crippen molar-refractivity contribution in [3.05, 3.63) is 59.7 Å². The average molecular weight is 465 g/mol. The molecule has 0 heterocycles. The molecule has 0 unspecified atom stereocenters. The van der Waals surface area contributed by atoms with E-state index in [9.17, 15) is 27.6 Å². The van der Waals surface area contributed by atoms with Gasteiger partial charge in [0.15, 0.2) is 0 Å². The van der Waals surface area contributed by atoms with Crippen LogP contribution < -0.4 is 15.4 Å². The number of hydrogen-bond acceptors (Lipinski definition) is 4. The molecule has 2 aromatic carbocycles. The van der Waals surface area contributed by atoms with Crippen molar-refractivity contribution >= 4 is 23.4 Å². The van der Waals surface area contributed by atoms with Gasteiger partial charge in [-0.05, 0) is 49.7 Å². The summed E-state index contributed by atoms with van der Waals surface area (Å²) in [5.74, 6) is -0.729. The maximum atomic E-state index is 13.1. The number of carbonyl (C=O) groups excluding carboxylic acids is 3. The highest BCUT2D eigenvalue weighted by molar-refractivity contribution is 5.95. The van der Waals surface area contributed by atoms with Crippen molar-refractivity contribution < 1.29 is 32.3 Å². The molecule has 0 radical (unpaired) electrons. The molecule has 0 atom stereocenters. The van der Waals surface area contributed by atoms with Crippen LogP contribution in [0.25, 0.3) is 0 Å². The molecule has 33 heavy (non-hydrogen) atoms. The van der Waals surface area contributed by atoms with Gasteiger partial charge in [0.1, 0.15) is 5.75 Å². The molecule has 0 aliphatic rings. The van der Waals surface area contributed by atoms with E-state index in [1.807, 2.05) is 0 Å². The number of hydrogen-bond donors (Lipinski definition) is 2. The van der Waals surface area contributed by atoms with E-state index < -0.39 is 17.6 Å². The van der Waals surface area contributed by atoms with E-state index in [0.717, 1.165) is 12.1 Å². The number of para-hydroxylation sites is 1. The van der Waals surface area contributed by atoms with E-state index in [4.69, 9.17) is 4.74 Å². The molecule has 0 saturated carbocycles. The third-order valence-corrected chi connectivity index (χ3v) is 4.78. The molecule has 10 heteroatoms. The Morgan fingerprint density at radius 2 is 1.70 bits per heavy atom. The molecule has 178 valence electrons. The first-order chi connectivity index (χ1) is 15.7.